The molecule has 0 radical (unpaired) electrons. The van der Waals surface area contributed by atoms with Crippen molar-refractivity contribution in [2.24, 2.45) is 0 Å². The summed E-state index contributed by atoms with van der Waals surface area (Å²) in [5.74, 6) is 0. The molecule has 0 aliphatic rings. The number of thioether (sulfide) groups is 1. The number of nitrogens with zero attached hydrogens (tertiary/aromatic N) is 1. The second kappa shape index (κ2) is 6.73. The molecule has 0 bridgehead atoms. The van der Waals surface area contributed by atoms with Crippen LogP contribution in [0.2, 0.25) is 0 Å². The molecule has 25 heavy (non-hydrogen) atoms. The van der Waals surface area contributed by atoms with Crippen molar-refractivity contribution in [1.82, 2.24) is 4.98 Å². The summed E-state index contributed by atoms with van der Waals surface area (Å²) in [7, 11) is 0. The minimum atomic E-state index is 1.05. The fourth-order valence-electron chi connectivity index (χ4n) is 3.28. The van der Waals surface area contributed by atoms with E-state index in [2.05, 4.69) is 92.0 Å². The SMILES string of the molecule is CSc1nc2ccc(C)cc2c(-c2ccccc2)c1-c1ccccc1. The van der Waals surface area contributed by atoms with Crippen molar-refractivity contribution < 1.29 is 0 Å². The Kier molecular flexibility index (Phi) is 4.29. The van der Waals surface area contributed by atoms with E-state index in [0.29, 0.717) is 0 Å². The predicted octanol–water partition coefficient (Wildman–Crippen LogP) is 6.60. The molecule has 4 aromatic rings. The fourth-order valence-corrected chi connectivity index (χ4v) is 3.89. The van der Waals surface area contributed by atoms with Gasteiger partial charge >= 0.3 is 0 Å². The summed E-state index contributed by atoms with van der Waals surface area (Å²) in [5.41, 5.74) is 7.23. The van der Waals surface area contributed by atoms with Gasteiger partial charge in [-0.25, -0.2) is 4.98 Å². The lowest BCUT2D eigenvalue weighted by Gasteiger charge is -2.17. The smallest absolute Gasteiger partial charge is 0.105 e. The van der Waals surface area contributed by atoms with Crippen LogP contribution in [0.1, 0.15) is 5.56 Å². The zero-order chi connectivity index (χ0) is 17.2. The van der Waals surface area contributed by atoms with Crippen molar-refractivity contribution in [3.8, 4) is 22.3 Å². The van der Waals surface area contributed by atoms with Gasteiger partial charge in [-0.3, -0.25) is 0 Å². The molecule has 0 atom stereocenters. The first-order chi connectivity index (χ1) is 12.3. The number of rotatable bonds is 3. The summed E-state index contributed by atoms with van der Waals surface area (Å²) < 4.78 is 0. The third-order valence-corrected chi connectivity index (χ3v) is 5.11. The largest absolute Gasteiger partial charge is 0.241 e. The van der Waals surface area contributed by atoms with Crippen molar-refractivity contribution in [1.29, 1.82) is 0 Å². The van der Waals surface area contributed by atoms with E-state index >= 15 is 0 Å². The maximum Gasteiger partial charge on any atom is 0.105 e. The average molecular weight is 341 g/mol. The van der Waals surface area contributed by atoms with E-state index in [1.807, 2.05) is 0 Å². The van der Waals surface area contributed by atoms with Gasteiger partial charge in [0.05, 0.1) is 5.52 Å². The Morgan fingerprint density at radius 3 is 1.92 bits per heavy atom. The highest BCUT2D eigenvalue weighted by molar-refractivity contribution is 7.98. The van der Waals surface area contributed by atoms with Crippen LogP contribution >= 0.6 is 11.8 Å². The van der Waals surface area contributed by atoms with E-state index in [4.69, 9.17) is 4.98 Å². The van der Waals surface area contributed by atoms with Crippen LogP contribution in [0.4, 0.5) is 0 Å². The molecule has 0 N–H and O–H groups in total. The Bertz CT molecular complexity index is 1020. The number of aryl methyl sites for hydroxylation is 1. The predicted molar refractivity (Wildman–Crippen MR) is 109 cm³/mol. The number of hydrogen-bond donors (Lipinski definition) is 0. The summed E-state index contributed by atoms with van der Waals surface area (Å²) >= 11 is 1.71. The van der Waals surface area contributed by atoms with Crippen LogP contribution in [0, 0.1) is 6.92 Å². The zero-order valence-corrected chi connectivity index (χ0v) is 15.2. The number of fused-ring (bicyclic) bond motifs is 1. The summed E-state index contributed by atoms with van der Waals surface area (Å²) in [6, 6.07) is 27.7. The molecule has 0 fully saturated rings. The molecular weight excluding hydrogens is 322 g/mol. The zero-order valence-electron chi connectivity index (χ0n) is 14.4. The molecule has 4 rings (SSSR count). The lowest BCUT2D eigenvalue weighted by atomic mass is 9.92. The standard InChI is InChI=1S/C23H19NS/c1-16-13-14-20-19(15-16)21(17-9-5-3-6-10-17)22(23(24-20)25-2)18-11-7-4-8-12-18/h3-15H,1-2H3. The molecule has 0 spiro atoms. The molecule has 0 unspecified atom stereocenters. The highest BCUT2D eigenvalue weighted by Crippen LogP contribution is 2.42. The highest BCUT2D eigenvalue weighted by Gasteiger charge is 2.17. The van der Waals surface area contributed by atoms with Gasteiger partial charge in [-0.1, -0.05) is 72.3 Å². The molecule has 0 aliphatic heterocycles. The molecule has 0 saturated carbocycles. The molecule has 1 heterocycles. The molecule has 0 saturated heterocycles. The third-order valence-electron chi connectivity index (χ3n) is 4.43. The monoisotopic (exact) mass is 341 g/mol. The minimum absolute atomic E-state index is 1.05. The quantitative estimate of drug-likeness (QED) is 0.389. The first-order valence-corrected chi connectivity index (χ1v) is 9.59. The van der Waals surface area contributed by atoms with E-state index in [1.165, 1.54) is 33.2 Å². The van der Waals surface area contributed by atoms with Crippen molar-refractivity contribution in [3.05, 3.63) is 84.4 Å². The molecule has 0 aliphatic carbocycles. The van der Waals surface area contributed by atoms with E-state index in [1.54, 1.807) is 11.8 Å². The van der Waals surface area contributed by atoms with Gasteiger partial charge < -0.3 is 0 Å². The van der Waals surface area contributed by atoms with Gasteiger partial charge in [0, 0.05) is 16.5 Å². The van der Waals surface area contributed by atoms with Crippen LogP contribution < -0.4 is 0 Å². The normalized spacial score (nSPS) is 11.0. The Morgan fingerprint density at radius 2 is 1.32 bits per heavy atom. The topological polar surface area (TPSA) is 12.9 Å². The van der Waals surface area contributed by atoms with Gasteiger partial charge in [-0.15, -0.1) is 11.8 Å². The van der Waals surface area contributed by atoms with Crippen LogP contribution in [0.3, 0.4) is 0 Å². The third kappa shape index (κ3) is 2.94. The van der Waals surface area contributed by atoms with Crippen molar-refractivity contribution in [2.75, 3.05) is 6.26 Å². The average Bonchev–Trinajstić information content (AvgIpc) is 2.68. The molecular formula is C23H19NS. The highest BCUT2D eigenvalue weighted by atomic mass is 32.2. The second-order valence-corrected chi connectivity index (χ2v) is 6.92. The number of hydrogen-bond acceptors (Lipinski definition) is 2. The van der Waals surface area contributed by atoms with E-state index in [0.717, 1.165) is 10.5 Å². The molecule has 2 heteroatoms. The van der Waals surface area contributed by atoms with Crippen molar-refractivity contribution >= 4 is 22.7 Å². The number of aromatic nitrogens is 1. The Labute approximate surface area is 152 Å². The summed E-state index contributed by atoms with van der Waals surface area (Å²) in [6.07, 6.45) is 2.10. The van der Waals surface area contributed by atoms with Crippen LogP contribution in [0.5, 0.6) is 0 Å². The number of benzene rings is 3. The molecule has 0 amide bonds. The van der Waals surface area contributed by atoms with E-state index < -0.39 is 0 Å². The molecule has 3 aromatic carbocycles. The van der Waals surface area contributed by atoms with Gasteiger partial charge in [-0.2, -0.15) is 0 Å². The van der Waals surface area contributed by atoms with Gasteiger partial charge in [0.1, 0.15) is 5.03 Å². The Hall–Kier alpha value is -2.58. The van der Waals surface area contributed by atoms with Crippen molar-refractivity contribution in [2.45, 2.75) is 11.9 Å². The summed E-state index contributed by atoms with van der Waals surface area (Å²) in [5, 5.41) is 2.28. The maximum absolute atomic E-state index is 4.96. The number of pyridine rings is 1. The first-order valence-electron chi connectivity index (χ1n) is 8.37. The van der Waals surface area contributed by atoms with Gasteiger partial charge in [-0.05, 0) is 36.4 Å². The van der Waals surface area contributed by atoms with E-state index in [-0.39, 0.29) is 0 Å². The van der Waals surface area contributed by atoms with Crippen LogP contribution in [-0.2, 0) is 0 Å². The summed E-state index contributed by atoms with van der Waals surface area (Å²) in [4.78, 5) is 4.96. The van der Waals surface area contributed by atoms with Crippen LogP contribution in [0.25, 0.3) is 33.2 Å². The first kappa shape index (κ1) is 15.9. The van der Waals surface area contributed by atoms with Crippen LogP contribution in [0.15, 0.2) is 83.9 Å². The van der Waals surface area contributed by atoms with Crippen molar-refractivity contribution in [3.63, 3.8) is 0 Å². The molecule has 1 aromatic heterocycles. The lowest BCUT2D eigenvalue weighted by Crippen LogP contribution is -1.95. The van der Waals surface area contributed by atoms with Gasteiger partial charge in [0.15, 0.2) is 0 Å². The fraction of sp³-hybridized carbons (Fsp3) is 0.0870. The lowest BCUT2D eigenvalue weighted by molar-refractivity contribution is 1.20. The minimum Gasteiger partial charge on any atom is -0.241 e. The maximum atomic E-state index is 4.96. The summed E-state index contributed by atoms with van der Waals surface area (Å²) in [6.45, 7) is 2.14. The molecule has 122 valence electrons. The van der Waals surface area contributed by atoms with E-state index in [9.17, 15) is 0 Å². The van der Waals surface area contributed by atoms with Gasteiger partial charge in [0.25, 0.3) is 0 Å². The second-order valence-electron chi connectivity index (χ2n) is 6.12. The van der Waals surface area contributed by atoms with Crippen LogP contribution in [-0.4, -0.2) is 11.2 Å². The van der Waals surface area contributed by atoms with Gasteiger partial charge in [0.2, 0.25) is 0 Å². The molecule has 1 nitrogen and oxygen atoms in total. The Morgan fingerprint density at radius 1 is 0.720 bits per heavy atom. The Balaban J connectivity index is 2.18.